The number of aromatic hydroxyl groups is 1. The molecular formula is C25H32N4O3S. The summed E-state index contributed by atoms with van der Waals surface area (Å²) in [5, 5.41) is 22.0. The summed E-state index contributed by atoms with van der Waals surface area (Å²) in [7, 11) is 0. The number of benzene rings is 2. The van der Waals surface area contributed by atoms with Crippen LogP contribution >= 0.6 is 11.8 Å². The van der Waals surface area contributed by atoms with Crippen molar-refractivity contribution < 1.29 is 14.6 Å². The van der Waals surface area contributed by atoms with Gasteiger partial charge in [0, 0.05) is 6.54 Å². The highest BCUT2D eigenvalue weighted by Gasteiger charge is 2.21. The summed E-state index contributed by atoms with van der Waals surface area (Å²) in [4.78, 5) is 12.4. The molecule has 1 unspecified atom stereocenters. The number of nitrogens with zero attached hydrogens (tertiary/aromatic N) is 3. The van der Waals surface area contributed by atoms with Gasteiger partial charge in [0.2, 0.25) is 5.91 Å². The lowest BCUT2D eigenvalue weighted by molar-refractivity contribution is -0.113. The zero-order valence-corrected chi connectivity index (χ0v) is 20.6. The van der Waals surface area contributed by atoms with Crippen LogP contribution in [-0.2, 0) is 11.3 Å². The van der Waals surface area contributed by atoms with Crippen LogP contribution in [0.5, 0.6) is 11.5 Å². The Labute approximate surface area is 199 Å². The van der Waals surface area contributed by atoms with Crippen molar-refractivity contribution >= 4 is 23.4 Å². The van der Waals surface area contributed by atoms with Gasteiger partial charge in [-0.2, -0.15) is 0 Å². The first kappa shape index (κ1) is 24.6. The molecule has 3 rings (SSSR count). The van der Waals surface area contributed by atoms with E-state index in [9.17, 15) is 9.90 Å². The zero-order chi connectivity index (χ0) is 24.0. The minimum atomic E-state index is -0.300. The summed E-state index contributed by atoms with van der Waals surface area (Å²) >= 11 is 1.31. The summed E-state index contributed by atoms with van der Waals surface area (Å²) in [6, 6.07) is 14.8. The molecule has 3 aromatic rings. The number of carbonyl (C=O) groups is 1. The fourth-order valence-electron chi connectivity index (χ4n) is 3.33. The van der Waals surface area contributed by atoms with Gasteiger partial charge in [0.1, 0.15) is 11.5 Å². The molecule has 0 spiro atoms. The molecule has 0 saturated carbocycles. The van der Waals surface area contributed by atoms with Crippen molar-refractivity contribution in [2.75, 3.05) is 11.1 Å². The van der Waals surface area contributed by atoms with Gasteiger partial charge < -0.3 is 19.7 Å². The van der Waals surface area contributed by atoms with E-state index >= 15 is 0 Å². The number of hydrogen-bond donors (Lipinski definition) is 2. The Morgan fingerprint density at radius 1 is 1.06 bits per heavy atom. The lowest BCUT2D eigenvalue weighted by Gasteiger charge is -2.18. The normalized spacial score (nSPS) is 12.2. The fourth-order valence-corrected chi connectivity index (χ4v) is 4.08. The van der Waals surface area contributed by atoms with Crippen LogP contribution in [0.2, 0.25) is 0 Å². The number of phenolic OH excluding ortho intramolecular Hbond substituents is 1. The zero-order valence-electron chi connectivity index (χ0n) is 19.8. The average Bonchev–Trinajstić information content (AvgIpc) is 3.16. The maximum absolute atomic E-state index is 12.4. The van der Waals surface area contributed by atoms with Gasteiger partial charge in [-0.25, -0.2) is 0 Å². The van der Waals surface area contributed by atoms with E-state index in [1.165, 1.54) is 23.4 Å². The van der Waals surface area contributed by atoms with Crippen molar-refractivity contribution in [3.63, 3.8) is 0 Å². The molecule has 0 aliphatic heterocycles. The van der Waals surface area contributed by atoms with E-state index in [2.05, 4.69) is 55.3 Å². The third kappa shape index (κ3) is 6.74. The first-order valence-corrected chi connectivity index (χ1v) is 12.1. The second kappa shape index (κ2) is 11.2. The predicted octanol–water partition coefficient (Wildman–Crippen LogP) is 5.63. The molecule has 33 heavy (non-hydrogen) atoms. The van der Waals surface area contributed by atoms with Crippen molar-refractivity contribution in [2.45, 2.75) is 58.3 Å². The Morgan fingerprint density at radius 3 is 2.39 bits per heavy atom. The topological polar surface area (TPSA) is 89.3 Å². The van der Waals surface area contributed by atoms with Crippen molar-refractivity contribution in [1.29, 1.82) is 0 Å². The van der Waals surface area contributed by atoms with Gasteiger partial charge >= 0.3 is 0 Å². The molecule has 0 radical (unpaired) electrons. The SMILES string of the molecule is CC(C)Cn1c(SCC(=O)Nc2ccccc2O)nnc1C(C)Oc1ccc(C(C)C)cc1. The number of ether oxygens (including phenoxy) is 1. The molecule has 2 aromatic carbocycles. The third-order valence-electron chi connectivity index (χ3n) is 5.03. The molecule has 0 bridgehead atoms. The van der Waals surface area contributed by atoms with Gasteiger partial charge in [-0.05, 0) is 48.6 Å². The Kier molecular flexibility index (Phi) is 8.38. The van der Waals surface area contributed by atoms with Gasteiger partial charge in [-0.3, -0.25) is 4.79 Å². The third-order valence-corrected chi connectivity index (χ3v) is 5.99. The number of phenols is 1. The van der Waals surface area contributed by atoms with Crippen LogP contribution in [-0.4, -0.2) is 31.5 Å². The highest BCUT2D eigenvalue weighted by atomic mass is 32.2. The monoisotopic (exact) mass is 468 g/mol. The molecule has 1 heterocycles. The lowest BCUT2D eigenvalue weighted by atomic mass is 10.0. The van der Waals surface area contributed by atoms with Crippen LogP contribution in [0.15, 0.2) is 53.7 Å². The molecule has 0 fully saturated rings. The van der Waals surface area contributed by atoms with Gasteiger partial charge in [0.05, 0.1) is 11.4 Å². The Bertz CT molecular complexity index is 1060. The summed E-state index contributed by atoms with van der Waals surface area (Å²) in [5.41, 5.74) is 1.65. The summed E-state index contributed by atoms with van der Waals surface area (Å²) in [6.45, 7) is 11.2. The molecule has 1 amide bonds. The minimum Gasteiger partial charge on any atom is -0.506 e. The second-order valence-electron chi connectivity index (χ2n) is 8.68. The maximum atomic E-state index is 12.4. The largest absolute Gasteiger partial charge is 0.506 e. The van der Waals surface area contributed by atoms with Gasteiger partial charge in [-0.1, -0.05) is 63.7 Å². The van der Waals surface area contributed by atoms with Gasteiger partial charge in [-0.15, -0.1) is 10.2 Å². The molecule has 1 atom stereocenters. The first-order chi connectivity index (χ1) is 15.7. The summed E-state index contributed by atoms with van der Waals surface area (Å²) in [6.07, 6.45) is -0.300. The lowest BCUT2D eigenvalue weighted by Crippen LogP contribution is -2.17. The highest BCUT2D eigenvalue weighted by molar-refractivity contribution is 7.99. The molecule has 1 aromatic heterocycles. The van der Waals surface area contributed by atoms with Crippen molar-refractivity contribution in [3.8, 4) is 11.5 Å². The molecule has 8 heteroatoms. The number of rotatable bonds is 10. The van der Waals surface area contributed by atoms with E-state index in [0.29, 0.717) is 29.2 Å². The highest BCUT2D eigenvalue weighted by Crippen LogP contribution is 2.27. The standard InChI is InChI=1S/C25H32N4O3S/c1-16(2)14-29-24(18(5)32-20-12-10-19(11-13-20)17(3)4)27-28-25(29)33-15-23(31)26-21-8-6-7-9-22(21)30/h6-13,16-18,30H,14-15H2,1-5H3,(H,26,31). The van der Waals surface area contributed by atoms with Gasteiger partial charge in [0.15, 0.2) is 17.1 Å². The van der Waals surface area contributed by atoms with Crippen molar-refractivity contribution in [3.05, 3.63) is 59.9 Å². The van der Waals surface area contributed by atoms with E-state index < -0.39 is 0 Å². The van der Waals surface area contributed by atoms with E-state index in [0.717, 1.165) is 11.6 Å². The number of thioether (sulfide) groups is 1. The minimum absolute atomic E-state index is 0.0357. The molecule has 0 aliphatic rings. The number of aromatic nitrogens is 3. The smallest absolute Gasteiger partial charge is 0.234 e. The summed E-state index contributed by atoms with van der Waals surface area (Å²) < 4.78 is 8.17. The predicted molar refractivity (Wildman–Crippen MR) is 132 cm³/mol. The van der Waals surface area contributed by atoms with E-state index in [4.69, 9.17) is 4.74 Å². The maximum Gasteiger partial charge on any atom is 0.234 e. The Hall–Kier alpha value is -3.00. The van der Waals surface area contributed by atoms with E-state index in [1.54, 1.807) is 18.2 Å². The number of carbonyl (C=O) groups excluding carboxylic acids is 1. The number of nitrogens with one attached hydrogen (secondary N) is 1. The van der Waals surface area contributed by atoms with Crippen molar-refractivity contribution in [2.24, 2.45) is 5.92 Å². The quantitative estimate of drug-likeness (QED) is 0.296. The first-order valence-electron chi connectivity index (χ1n) is 11.1. The molecule has 176 valence electrons. The van der Waals surface area contributed by atoms with Gasteiger partial charge in [0.25, 0.3) is 0 Å². The molecule has 0 aliphatic carbocycles. The second-order valence-corrected chi connectivity index (χ2v) is 9.63. The van der Waals surface area contributed by atoms with Crippen LogP contribution < -0.4 is 10.1 Å². The Morgan fingerprint density at radius 2 is 1.76 bits per heavy atom. The number of anilines is 1. The number of para-hydroxylation sites is 2. The molecular weight excluding hydrogens is 436 g/mol. The van der Waals surface area contributed by atoms with Crippen molar-refractivity contribution in [1.82, 2.24) is 14.8 Å². The number of amides is 1. The van der Waals surface area contributed by atoms with Crippen LogP contribution in [0, 0.1) is 5.92 Å². The molecule has 7 nitrogen and oxygen atoms in total. The average molecular weight is 469 g/mol. The molecule has 2 N–H and O–H groups in total. The van der Waals surface area contributed by atoms with Crippen LogP contribution in [0.25, 0.3) is 0 Å². The summed E-state index contributed by atoms with van der Waals surface area (Å²) in [5.74, 6) is 2.30. The van der Waals surface area contributed by atoms with Crippen LogP contribution in [0.1, 0.15) is 58.0 Å². The Balaban J connectivity index is 1.69. The number of hydrogen-bond acceptors (Lipinski definition) is 6. The van der Waals surface area contributed by atoms with E-state index in [-0.39, 0.29) is 23.5 Å². The van der Waals surface area contributed by atoms with Crippen LogP contribution in [0.4, 0.5) is 5.69 Å². The van der Waals surface area contributed by atoms with E-state index in [1.807, 2.05) is 23.6 Å². The fraction of sp³-hybridized carbons (Fsp3) is 0.400. The van der Waals surface area contributed by atoms with Crippen LogP contribution in [0.3, 0.4) is 0 Å². The molecule has 0 saturated heterocycles.